The van der Waals surface area contributed by atoms with Crippen LogP contribution in [-0.2, 0) is 10.0 Å². The highest BCUT2D eigenvalue weighted by molar-refractivity contribution is 9.10. The Kier molecular flexibility index (Phi) is 3.96. The molecule has 0 radical (unpaired) electrons. The first-order valence-corrected chi connectivity index (χ1v) is 7.96. The van der Waals surface area contributed by atoms with Crippen molar-refractivity contribution in [3.8, 4) is 0 Å². The number of aryl methyl sites for hydroxylation is 1. The molecule has 0 N–H and O–H groups in total. The van der Waals surface area contributed by atoms with Crippen molar-refractivity contribution in [2.45, 2.75) is 11.8 Å². The van der Waals surface area contributed by atoms with E-state index in [1.54, 1.807) is 43.4 Å². The van der Waals surface area contributed by atoms with E-state index >= 15 is 0 Å². The van der Waals surface area contributed by atoms with Crippen molar-refractivity contribution in [1.29, 1.82) is 0 Å². The average Bonchev–Trinajstić information content (AvgIpc) is 2.39. The number of sulfonamides is 1. The van der Waals surface area contributed by atoms with Crippen molar-refractivity contribution in [2.75, 3.05) is 11.4 Å². The molecule has 0 saturated heterocycles. The SMILES string of the molecule is Cc1ccc(N(C)S(=O)(=O)c2cccc(Br)c2)cc1. The van der Waals surface area contributed by atoms with E-state index in [0.717, 1.165) is 10.0 Å². The molecular formula is C14H14BrNO2S. The van der Waals surface area contributed by atoms with E-state index in [4.69, 9.17) is 0 Å². The van der Waals surface area contributed by atoms with Gasteiger partial charge in [0.15, 0.2) is 0 Å². The van der Waals surface area contributed by atoms with Crippen LogP contribution >= 0.6 is 15.9 Å². The van der Waals surface area contributed by atoms with Gasteiger partial charge in [-0.15, -0.1) is 0 Å². The van der Waals surface area contributed by atoms with Crippen molar-refractivity contribution in [1.82, 2.24) is 0 Å². The molecule has 2 aromatic carbocycles. The van der Waals surface area contributed by atoms with Gasteiger partial charge in [0, 0.05) is 11.5 Å². The smallest absolute Gasteiger partial charge is 0.264 e. The van der Waals surface area contributed by atoms with Crippen LogP contribution < -0.4 is 4.31 Å². The number of rotatable bonds is 3. The third-order valence-electron chi connectivity index (χ3n) is 2.85. The van der Waals surface area contributed by atoms with E-state index in [1.165, 1.54) is 4.31 Å². The van der Waals surface area contributed by atoms with Gasteiger partial charge in [0.05, 0.1) is 10.6 Å². The normalized spacial score (nSPS) is 11.3. The van der Waals surface area contributed by atoms with Gasteiger partial charge in [-0.3, -0.25) is 4.31 Å². The molecule has 19 heavy (non-hydrogen) atoms. The van der Waals surface area contributed by atoms with Crippen LogP contribution in [0.15, 0.2) is 57.9 Å². The standard InChI is InChI=1S/C14H14BrNO2S/c1-11-6-8-13(9-7-11)16(2)19(17,18)14-5-3-4-12(15)10-14/h3-10H,1-2H3. The predicted molar refractivity (Wildman–Crippen MR) is 80.9 cm³/mol. The predicted octanol–water partition coefficient (Wildman–Crippen LogP) is 3.58. The second-order valence-corrected chi connectivity index (χ2v) is 7.15. The molecule has 0 bridgehead atoms. The number of halogens is 1. The molecule has 0 aliphatic rings. The Labute approximate surface area is 122 Å². The zero-order valence-corrected chi connectivity index (χ0v) is 13.1. The van der Waals surface area contributed by atoms with Crippen LogP contribution in [0.2, 0.25) is 0 Å². The summed E-state index contributed by atoms with van der Waals surface area (Å²) in [6.07, 6.45) is 0. The molecule has 5 heteroatoms. The summed E-state index contributed by atoms with van der Waals surface area (Å²) in [5, 5.41) is 0. The summed E-state index contributed by atoms with van der Waals surface area (Å²) in [5.41, 5.74) is 1.74. The van der Waals surface area contributed by atoms with Crippen molar-refractivity contribution in [3.05, 3.63) is 58.6 Å². The minimum absolute atomic E-state index is 0.268. The maximum Gasteiger partial charge on any atom is 0.264 e. The Balaban J connectivity index is 2.42. The van der Waals surface area contributed by atoms with Gasteiger partial charge in [-0.05, 0) is 37.3 Å². The second kappa shape index (κ2) is 5.35. The summed E-state index contributed by atoms with van der Waals surface area (Å²) in [7, 11) is -1.97. The van der Waals surface area contributed by atoms with E-state index in [-0.39, 0.29) is 4.90 Å². The maximum atomic E-state index is 12.5. The molecule has 0 aromatic heterocycles. The molecule has 100 valence electrons. The molecule has 0 fully saturated rings. The van der Waals surface area contributed by atoms with Gasteiger partial charge in [-0.25, -0.2) is 8.42 Å². The molecule has 0 atom stereocenters. The van der Waals surface area contributed by atoms with Crippen molar-refractivity contribution < 1.29 is 8.42 Å². The molecule has 0 amide bonds. The lowest BCUT2D eigenvalue weighted by Gasteiger charge is -2.19. The lowest BCUT2D eigenvalue weighted by Crippen LogP contribution is -2.26. The first kappa shape index (κ1) is 14.1. The molecule has 2 aromatic rings. The van der Waals surface area contributed by atoms with Gasteiger partial charge in [-0.1, -0.05) is 39.7 Å². The lowest BCUT2D eigenvalue weighted by atomic mass is 10.2. The molecule has 2 rings (SSSR count). The fraction of sp³-hybridized carbons (Fsp3) is 0.143. The van der Waals surface area contributed by atoms with Gasteiger partial charge < -0.3 is 0 Å². The van der Waals surface area contributed by atoms with E-state index in [2.05, 4.69) is 15.9 Å². The Morgan fingerprint density at radius 2 is 1.68 bits per heavy atom. The molecule has 0 heterocycles. The first-order chi connectivity index (χ1) is 8.91. The highest BCUT2D eigenvalue weighted by Crippen LogP contribution is 2.24. The fourth-order valence-electron chi connectivity index (χ4n) is 1.68. The minimum Gasteiger partial charge on any atom is -0.269 e. The maximum absolute atomic E-state index is 12.5. The quantitative estimate of drug-likeness (QED) is 0.856. The molecule has 0 unspecified atom stereocenters. The van der Waals surface area contributed by atoms with Crippen LogP contribution in [0.1, 0.15) is 5.56 Å². The highest BCUT2D eigenvalue weighted by Gasteiger charge is 2.21. The molecule has 0 aliphatic carbocycles. The third-order valence-corrected chi connectivity index (χ3v) is 5.13. The van der Waals surface area contributed by atoms with Crippen LogP contribution in [0.5, 0.6) is 0 Å². The summed E-state index contributed by atoms with van der Waals surface area (Å²) >= 11 is 3.29. The number of nitrogens with zero attached hydrogens (tertiary/aromatic N) is 1. The van der Waals surface area contributed by atoms with Gasteiger partial charge in [0.25, 0.3) is 10.0 Å². The summed E-state index contributed by atoms with van der Waals surface area (Å²) in [6.45, 7) is 1.96. The zero-order valence-electron chi connectivity index (χ0n) is 10.7. The van der Waals surface area contributed by atoms with Gasteiger partial charge in [0.2, 0.25) is 0 Å². The largest absolute Gasteiger partial charge is 0.269 e. The average molecular weight is 340 g/mol. The summed E-state index contributed by atoms with van der Waals surface area (Å²) in [5.74, 6) is 0. The summed E-state index contributed by atoms with van der Waals surface area (Å²) in [4.78, 5) is 0.268. The molecule has 0 saturated carbocycles. The monoisotopic (exact) mass is 339 g/mol. The molecule has 3 nitrogen and oxygen atoms in total. The molecular weight excluding hydrogens is 326 g/mol. The van der Waals surface area contributed by atoms with E-state index in [9.17, 15) is 8.42 Å². The van der Waals surface area contributed by atoms with E-state index < -0.39 is 10.0 Å². The van der Waals surface area contributed by atoms with Gasteiger partial charge in [0.1, 0.15) is 0 Å². The number of hydrogen-bond acceptors (Lipinski definition) is 2. The van der Waals surface area contributed by atoms with Crippen LogP contribution in [-0.4, -0.2) is 15.5 Å². The topological polar surface area (TPSA) is 37.4 Å². The van der Waals surface area contributed by atoms with Gasteiger partial charge in [-0.2, -0.15) is 0 Å². The van der Waals surface area contributed by atoms with E-state index in [1.807, 2.05) is 19.1 Å². The minimum atomic E-state index is -3.52. The first-order valence-electron chi connectivity index (χ1n) is 5.72. The number of hydrogen-bond donors (Lipinski definition) is 0. The van der Waals surface area contributed by atoms with Crippen molar-refractivity contribution in [3.63, 3.8) is 0 Å². The lowest BCUT2D eigenvalue weighted by molar-refractivity contribution is 0.594. The summed E-state index contributed by atoms with van der Waals surface area (Å²) < 4.78 is 27.0. The Morgan fingerprint density at radius 1 is 1.05 bits per heavy atom. The molecule has 0 spiro atoms. The third kappa shape index (κ3) is 2.98. The number of benzene rings is 2. The molecule has 0 aliphatic heterocycles. The Bertz CT molecular complexity index is 681. The van der Waals surface area contributed by atoms with Crippen LogP contribution in [0.25, 0.3) is 0 Å². The zero-order chi connectivity index (χ0) is 14.0. The van der Waals surface area contributed by atoms with Crippen LogP contribution in [0, 0.1) is 6.92 Å². The highest BCUT2D eigenvalue weighted by atomic mass is 79.9. The van der Waals surface area contributed by atoms with Gasteiger partial charge >= 0.3 is 0 Å². The van der Waals surface area contributed by atoms with Crippen LogP contribution in [0.3, 0.4) is 0 Å². The summed E-state index contributed by atoms with van der Waals surface area (Å²) in [6, 6.07) is 14.1. The van der Waals surface area contributed by atoms with E-state index in [0.29, 0.717) is 5.69 Å². The Hall–Kier alpha value is -1.33. The van der Waals surface area contributed by atoms with Crippen molar-refractivity contribution >= 4 is 31.6 Å². The van der Waals surface area contributed by atoms with Crippen molar-refractivity contribution in [2.24, 2.45) is 0 Å². The fourth-order valence-corrected chi connectivity index (χ4v) is 3.47. The van der Waals surface area contributed by atoms with Crippen LogP contribution in [0.4, 0.5) is 5.69 Å². The number of anilines is 1. The Morgan fingerprint density at radius 3 is 2.26 bits per heavy atom. The second-order valence-electron chi connectivity index (χ2n) is 4.27.